The standard InChI is InChI=1S/C12H16O5S/c1-3-18(15,16)7-6-17-11-5-4-9(2)8-10(11)12(13)14/h4-5,8H,3,6-7H2,1-2H3,(H,13,14). The molecule has 1 N–H and O–H groups in total. The Morgan fingerprint density at radius 3 is 2.61 bits per heavy atom. The quantitative estimate of drug-likeness (QED) is 0.849. The molecule has 0 aliphatic heterocycles. The van der Waals surface area contributed by atoms with Gasteiger partial charge in [-0.25, -0.2) is 13.2 Å². The lowest BCUT2D eigenvalue weighted by molar-refractivity contribution is 0.0692. The fourth-order valence-corrected chi connectivity index (χ4v) is 1.99. The van der Waals surface area contributed by atoms with E-state index in [9.17, 15) is 13.2 Å². The van der Waals surface area contributed by atoms with Crippen molar-refractivity contribution in [1.82, 2.24) is 0 Å². The summed E-state index contributed by atoms with van der Waals surface area (Å²) in [4.78, 5) is 11.0. The molecule has 0 saturated carbocycles. The Kier molecular flexibility index (Phi) is 4.72. The fourth-order valence-electron chi connectivity index (χ4n) is 1.36. The van der Waals surface area contributed by atoms with E-state index in [1.807, 2.05) is 0 Å². The highest BCUT2D eigenvalue weighted by Crippen LogP contribution is 2.20. The van der Waals surface area contributed by atoms with Crippen LogP contribution in [0.5, 0.6) is 5.75 Å². The summed E-state index contributed by atoms with van der Waals surface area (Å²) >= 11 is 0. The van der Waals surface area contributed by atoms with Crippen LogP contribution >= 0.6 is 0 Å². The van der Waals surface area contributed by atoms with E-state index in [4.69, 9.17) is 9.84 Å². The summed E-state index contributed by atoms with van der Waals surface area (Å²) < 4.78 is 27.8. The van der Waals surface area contributed by atoms with Crippen LogP contribution in [0.1, 0.15) is 22.8 Å². The molecule has 18 heavy (non-hydrogen) atoms. The van der Waals surface area contributed by atoms with E-state index < -0.39 is 15.8 Å². The van der Waals surface area contributed by atoms with Crippen molar-refractivity contribution in [2.24, 2.45) is 0 Å². The van der Waals surface area contributed by atoms with Gasteiger partial charge in [0.1, 0.15) is 17.9 Å². The van der Waals surface area contributed by atoms with Crippen molar-refractivity contribution in [3.8, 4) is 5.75 Å². The highest BCUT2D eigenvalue weighted by molar-refractivity contribution is 7.91. The number of rotatable bonds is 6. The molecular formula is C12H16O5S. The number of aryl methyl sites for hydroxylation is 1. The Morgan fingerprint density at radius 1 is 1.39 bits per heavy atom. The molecule has 0 aliphatic rings. The summed E-state index contributed by atoms with van der Waals surface area (Å²) in [5.74, 6) is -0.960. The van der Waals surface area contributed by atoms with Gasteiger partial charge in [-0.05, 0) is 19.1 Å². The van der Waals surface area contributed by atoms with E-state index in [1.54, 1.807) is 19.9 Å². The molecule has 0 spiro atoms. The lowest BCUT2D eigenvalue weighted by Crippen LogP contribution is -2.16. The van der Waals surface area contributed by atoms with Crippen LogP contribution in [0.15, 0.2) is 18.2 Å². The Hall–Kier alpha value is -1.56. The van der Waals surface area contributed by atoms with Crippen LogP contribution in [0.3, 0.4) is 0 Å². The van der Waals surface area contributed by atoms with E-state index in [1.165, 1.54) is 12.1 Å². The Balaban J connectivity index is 2.77. The SMILES string of the molecule is CCS(=O)(=O)CCOc1ccc(C)cc1C(=O)O. The molecule has 0 unspecified atom stereocenters. The lowest BCUT2D eigenvalue weighted by Gasteiger charge is -2.09. The summed E-state index contributed by atoms with van der Waals surface area (Å²) in [6, 6.07) is 4.75. The van der Waals surface area contributed by atoms with Crippen LogP contribution < -0.4 is 4.74 Å². The zero-order valence-corrected chi connectivity index (χ0v) is 11.2. The predicted octanol–water partition coefficient (Wildman–Crippen LogP) is 1.51. The second kappa shape index (κ2) is 5.86. The molecule has 0 heterocycles. The molecule has 0 radical (unpaired) electrons. The zero-order chi connectivity index (χ0) is 13.8. The summed E-state index contributed by atoms with van der Waals surface area (Å²) in [7, 11) is -3.10. The molecule has 1 aromatic carbocycles. The number of hydrogen-bond acceptors (Lipinski definition) is 4. The van der Waals surface area contributed by atoms with Gasteiger partial charge in [0.25, 0.3) is 0 Å². The van der Waals surface area contributed by atoms with Gasteiger partial charge in [0.2, 0.25) is 0 Å². The number of ether oxygens (including phenoxy) is 1. The molecule has 6 heteroatoms. The second-order valence-corrected chi connectivity index (χ2v) is 6.36. The molecular weight excluding hydrogens is 256 g/mol. The highest BCUT2D eigenvalue weighted by Gasteiger charge is 2.13. The van der Waals surface area contributed by atoms with E-state index in [2.05, 4.69) is 0 Å². The van der Waals surface area contributed by atoms with E-state index in [0.29, 0.717) is 0 Å². The normalized spacial score (nSPS) is 11.2. The Bertz CT molecular complexity index is 533. The number of carbonyl (C=O) groups is 1. The number of aromatic carboxylic acids is 1. The number of sulfone groups is 1. The number of benzene rings is 1. The van der Waals surface area contributed by atoms with Crippen LogP contribution in [0.25, 0.3) is 0 Å². The largest absolute Gasteiger partial charge is 0.492 e. The van der Waals surface area contributed by atoms with Crippen molar-refractivity contribution in [3.05, 3.63) is 29.3 Å². The molecule has 0 bridgehead atoms. The monoisotopic (exact) mass is 272 g/mol. The summed E-state index contributed by atoms with van der Waals surface area (Å²) in [5, 5.41) is 9.00. The maximum atomic E-state index is 11.3. The third-order valence-corrected chi connectivity index (χ3v) is 4.13. The first-order valence-electron chi connectivity index (χ1n) is 5.53. The first kappa shape index (κ1) is 14.5. The van der Waals surface area contributed by atoms with Crippen molar-refractivity contribution < 1.29 is 23.1 Å². The first-order chi connectivity index (χ1) is 8.35. The molecule has 0 aliphatic carbocycles. The van der Waals surface area contributed by atoms with Gasteiger partial charge >= 0.3 is 5.97 Å². The van der Waals surface area contributed by atoms with Crippen molar-refractivity contribution in [1.29, 1.82) is 0 Å². The highest BCUT2D eigenvalue weighted by atomic mass is 32.2. The zero-order valence-electron chi connectivity index (χ0n) is 10.3. The van der Waals surface area contributed by atoms with Crippen molar-refractivity contribution in [3.63, 3.8) is 0 Å². The average molecular weight is 272 g/mol. The lowest BCUT2D eigenvalue weighted by atomic mass is 10.1. The first-order valence-corrected chi connectivity index (χ1v) is 7.35. The van der Waals surface area contributed by atoms with Gasteiger partial charge in [0.15, 0.2) is 9.84 Å². The third kappa shape index (κ3) is 4.03. The van der Waals surface area contributed by atoms with Gasteiger partial charge in [-0.1, -0.05) is 18.6 Å². The summed E-state index contributed by atoms with van der Waals surface area (Å²) in [6.07, 6.45) is 0. The van der Waals surface area contributed by atoms with E-state index in [-0.39, 0.29) is 29.4 Å². The van der Waals surface area contributed by atoms with Crippen LogP contribution in [0, 0.1) is 6.92 Å². The van der Waals surface area contributed by atoms with Crippen molar-refractivity contribution in [2.75, 3.05) is 18.1 Å². The molecule has 0 saturated heterocycles. The van der Waals surface area contributed by atoms with Gasteiger partial charge in [-0.15, -0.1) is 0 Å². The number of carboxylic acid groups (broad SMARTS) is 1. The molecule has 0 fully saturated rings. The number of hydrogen-bond donors (Lipinski definition) is 1. The van der Waals surface area contributed by atoms with Gasteiger partial charge in [-0.2, -0.15) is 0 Å². The van der Waals surface area contributed by atoms with Crippen LogP contribution in [-0.4, -0.2) is 37.6 Å². The van der Waals surface area contributed by atoms with Crippen LogP contribution in [0.2, 0.25) is 0 Å². The third-order valence-electron chi connectivity index (χ3n) is 2.46. The van der Waals surface area contributed by atoms with Gasteiger partial charge in [-0.3, -0.25) is 0 Å². The fraction of sp³-hybridized carbons (Fsp3) is 0.417. The van der Waals surface area contributed by atoms with Crippen molar-refractivity contribution in [2.45, 2.75) is 13.8 Å². The van der Waals surface area contributed by atoms with E-state index >= 15 is 0 Å². The number of carboxylic acids is 1. The Labute approximate surface area is 106 Å². The molecule has 0 atom stereocenters. The molecule has 1 rings (SSSR count). The minimum atomic E-state index is -3.10. The average Bonchev–Trinajstić information content (AvgIpc) is 2.30. The van der Waals surface area contributed by atoms with E-state index in [0.717, 1.165) is 5.56 Å². The second-order valence-electron chi connectivity index (χ2n) is 3.89. The van der Waals surface area contributed by atoms with Gasteiger partial charge in [0.05, 0.1) is 5.75 Å². The predicted molar refractivity (Wildman–Crippen MR) is 68.0 cm³/mol. The molecule has 0 aromatic heterocycles. The molecule has 100 valence electrons. The molecule has 0 amide bonds. The minimum Gasteiger partial charge on any atom is -0.492 e. The van der Waals surface area contributed by atoms with Crippen molar-refractivity contribution >= 4 is 15.8 Å². The van der Waals surface area contributed by atoms with Crippen LogP contribution in [0.4, 0.5) is 0 Å². The molecule has 1 aromatic rings. The maximum absolute atomic E-state index is 11.3. The minimum absolute atomic E-state index is 0.0421. The molecule has 5 nitrogen and oxygen atoms in total. The summed E-state index contributed by atoms with van der Waals surface area (Å²) in [5.41, 5.74) is 0.852. The Morgan fingerprint density at radius 2 is 2.06 bits per heavy atom. The topological polar surface area (TPSA) is 80.7 Å². The maximum Gasteiger partial charge on any atom is 0.339 e. The van der Waals surface area contributed by atoms with Gasteiger partial charge in [0, 0.05) is 5.75 Å². The smallest absolute Gasteiger partial charge is 0.339 e. The summed E-state index contributed by atoms with van der Waals surface area (Å²) in [6.45, 7) is 3.29. The van der Waals surface area contributed by atoms with Gasteiger partial charge < -0.3 is 9.84 Å². The van der Waals surface area contributed by atoms with Crippen LogP contribution in [-0.2, 0) is 9.84 Å².